The molecule has 0 N–H and O–H groups in total. The van der Waals surface area contributed by atoms with Gasteiger partial charge in [0.25, 0.3) is 0 Å². The number of aromatic nitrogens is 3. The highest BCUT2D eigenvalue weighted by molar-refractivity contribution is 7.25. The molecule has 2 aromatic heterocycles. The third kappa shape index (κ3) is 4.40. The maximum Gasteiger partial charge on any atom is 0.105 e. The van der Waals surface area contributed by atoms with Gasteiger partial charge in [0.05, 0.1) is 0 Å². The first kappa shape index (κ1) is 25.3. The Bertz CT molecular complexity index is 2240. The second kappa shape index (κ2) is 10.8. The molecule has 0 fully saturated rings. The zero-order valence-electron chi connectivity index (χ0n) is 23.2. The van der Waals surface area contributed by atoms with Crippen molar-refractivity contribution < 1.29 is 0 Å². The topological polar surface area (TPSA) is 38.7 Å². The first-order valence-electron chi connectivity index (χ1n) is 14.3. The van der Waals surface area contributed by atoms with Crippen LogP contribution in [0, 0.1) is 0 Å². The van der Waals surface area contributed by atoms with E-state index >= 15 is 0 Å². The molecular formula is C39H25N3S. The van der Waals surface area contributed by atoms with Crippen LogP contribution in [0.1, 0.15) is 0 Å². The summed E-state index contributed by atoms with van der Waals surface area (Å²) >= 11 is 1.85. The lowest BCUT2D eigenvalue weighted by molar-refractivity contribution is 0.879. The van der Waals surface area contributed by atoms with Gasteiger partial charge in [-0.1, -0.05) is 140 Å². The molecule has 2 heterocycles. The lowest BCUT2D eigenvalue weighted by atomic mass is 9.87. The smallest absolute Gasteiger partial charge is 0.105 e. The third-order valence-corrected chi connectivity index (χ3v) is 9.10. The van der Waals surface area contributed by atoms with Crippen molar-refractivity contribution in [3.8, 4) is 55.9 Å². The normalized spacial score (nSPS) is 11.3. The van der Waals surface area contributed by atoms with E-state index in [2.05, 4.69) is 138 Å². The Labute approximate surface area is 253 Å². The van der Waals surface area contributed by atoms with Gasteiger partial charge >= 0.3 is 0 Å². The summed E-state index contributed by atoms with van der Waals surface area (Å²) in [6.07, 6.45) is 0. The average Bonchev–Trinajstić information content (AvgIpc) is 3.48. The van der Waals surface area contributed by atoms with E-state index in [0.717, 1.165) is 44.8 Å². The molecule has 0 bridgehead atoms. The molecule has 0 aliphatic heterocycles. The summed E-state index contributed by atoms with van der Waals surface area (Å²) in [5.74, 6) is 0. The molecule has 0 atom stereocenters. The van der Waals surface area contributed by atoms with Crippen molar-refractivity contribution >= 4 is 31.5 Å². The number of fused-ring (bicyclic) bond motifs is 3. The maximum atomic E-state index is 4.72. The highest BCUT2D eigenvalue weighted by Gasteiger charge is 2.22. The molecule has 0 unspecified atom stereocenters. The van der Waals surface area contributed by atoms with Crippen LogP contribution in [-0.4, -0.2) is 15.4 Å². The van der Waals surface area contributed by atoms with Gasteiger partial charge in [-0.3, -0.25) is 0 Å². The van der Waals surface area contributed by atoms with E-state index in [1.165, 1.54) is 31.3 Å². The number of nitrogens with zero attached hydrogens (tertiary/aromatic N) is 3. The van der Waals surface area contributed by atoms with Crippen molar-refractivity contribution in [1.29, 1.82) is 0 Å². The molecule has 3 nitrogen and oxygen atoms in total. The summed E-state index contributed by atoms with van der Waals surface area (Å²) in [5.41, 5.74) is 10.3. The largest absolute Gasteiger partial charge is 0.135 e. The summed E-state index contributed by atoms with van der Waals surface area (Å²) in [6.45, 7) is 0. The van der Waals surface area contributed by atoms with Gasteiger partial charge in [0.2, 0.25) is 0 Å². The zero-order chi connectivity index (χ0) is 28.6. The molecule has 0 spiro atoms. The number of hydrogen-bond donors (Lipinski definition) is 0. The van der Waals surface area contributed by atoms with Crippen molar-refractivity contribution in [1.82, 2.24) is 15.4 Å². The van der Waals surface area contributed by atoms with E-state index in [9.17, 15) is 0 Å². The Morgan fingerprint density at radius 3 is 1.63 bits per heavy atom. The summed E-state index contributed by atoms with van der Waals surface area (Å²) in [4.78, 5) is 0. The summed E-state index contributed by atoms with van der Waals surface area (Å²) in [7, 11) is 0. The molecule has 0 radical (unpaired) electrons. The Morgan fingerprint density at radius 2 is 0.884 bits per heavy atom. The Morgan fingerprint density at radius 1 is 0.372 bits per heavy atom. The first-order valence-corrected chi connectivity index (χ1v) is 15.1. The molecule has 8 aromatic rings. The van der Waals surface area contributed by atoms with Gasteiger partial charge in [-0.05, 0) is 45.2 Å². The fourth-order valence-corrected chi connectivity index (χ4v) is 7.20. The van der Waals surface area contributed by atoms with Gasteiger partial charge in [0.15, 0.2) is 0 Å². The van der Waals surface area contributed by atoms with Gasteiger partial charge in [-0.2, -0.15) is 0 Å². The second-order valence-corrected chi connectivity index (χ2v) is 11.5. The van der Waals surface area contributed by atoms with Crippen LogP contribution in [0.15, 0.2) is 152 Å². The summed E-state index contributed by atoms with van der Waals surface area (Å²) in [6, 6.07) is 53.2. The lowest BCUT2D eigenvalue weighted by Gasteiger charge is -2.18. The SMILES string of the molecule is c1ccc(-c2nnnc(-c3ccccc3-c3ccccc3-c3cccc4sc5ccccc5c34)c2-c2ccccc2)cc1. The van der Waals surface area contributed by atoms with Gasteiger partial charge in [0, 0.05) is 36.9 Å². The van der Waals surface area contributed by atoms with Crippen molar-refractivity contribution in [3.63, 3.8) is 0 Å². The fraction of sp³-hybridized carbons (Fsp3) is 0. The van der Waals surface area contributed by atoms with Gasteiger partial charge in [-0.25, -0.2) is 0 Å². The van der Waals surface area contributed by atoms with Crippen LogP contribution in [0.2, 0.25) is 0 Å². The van der Waals surface area contributed by atoms with Crippen molar-refractivity contribution in [2.45, 2.75) is 0 Å². The molecule has 0 saturated carbocycles. The molecule has 0 aliphatic rings. The van der Waals surface area contributed by atoms with E-state index in [4.69, 9.17) is 5.10 Å². The highest BCUT2D eigenvalue weighted by Crippen LogP contribution is 2.45. The first-order chi connectivity index (χ1) is 21.4. The van der Waals surface area contributed by atoms with E-state index in [0.29, 0.717) is 0 Å². The third-order valence-electron chi connectivity index (χ3n) is 7.96. The quantitative estimate of drug-likeness (QED) is 0.208. The molecule has 4 heteroatoms. The van der Waals surface area contributed by atoms with E-state index in [-0.39, 0.29) is 0 Å². The van der Waals surface area contributed by atoms with E-state index in [1.54, 1.807) is 0 Å². The predicted octanol–water partition coefficient (Wildman–Crippen LogP) is 10.6. The molecule has 6 aromatic carbocycles. The number of rotatable bonds is 5. The Balaban J connectivity index is 1.39. The van der Waals surface area contributed by atoms with Crippen LogP contribution in [0.5, 0.6) is 0 Å². The van der Waals surface area contributed by atoms with E-state index in [1.807, 2.05) is 35.6 Å². The summed E-state index contributed by atoms with van der Waals surface area (Å²) in [5, 5.41) is 16.2. The molecule has 0 amide bonds. The molecule has 43 heavy (non-hydrogen) atoms. The van der Waals surface area contributed by atoms with Crippen LogP contribution in [0.3, 0.4) is 0 Å². The minimum absolute atomic E-state index is 0.810. The average molecular weight is 568 g/mol. The van der Waals surface area contributed by atoms with Crippen LogP contribution in [-0.2, 0) is 0 Å². The van der Waals surface area contributed by atoms with E-state index < -0.39 is 0 Å². The monoisotopic (exact) mass is 567 g/mol. The molecular weight excluding hydrogens is 543 g/mol. The van der Waals surface area contributed by atoms with Crippen molar-refractivity contribution in [3.05, 3.63) is 152 Å². The van der Waals surface area contributed by atoms with Crippen LogP contribution >= 0.6 is 11.3 Å². The number of hydrogen-bond acceptors (Lipinski definition) is 4. The molecule has 202 valence electrons. The Kier molecular flexibility index (Phi) is 6.32. The predicted molar refractivity (Wildman–Crippen MR) is 180 cm³/mol. The maximum absolute atomic E-state index is 4.72. The molecule has 0 saturated heterocycles. The lowest BCUT2D eigenvalue weighted by Crippen LogP contribution is -2.01. The minimum atomic E-state index is 0.810. The minimum Gasteiger partial charge on any atom is -0.135 e. The van der Waals surface area contributed by atoms with Crippen LogP contribution < -0.4 is 0 Å². The fourth-order valence-electron chi connectivity index (χ4n) is 6.07. The van der Waals surface area contributed by atoms with Gasteiger partial charge < -0.3 is 0 Å². The van der Waals surface area contributed by atoms with Gasteiger partial charge in [-0.15, -0.1) is 21.5 Å². The van der Waals surface area contributed by atoms with Crippen molar-refractivity contribution in [2.75, 3.05) is 0 Å². The second-order valence-electron chi connectivity index (χ2n) is 10.5. The molecule has 8 rings (SSSR count). The van der Waals surface area contributed by atoms with Crippen molar-refractivity contribution in [2.24, 2.45) is 0 Å². The van der Waals surface area contributed by atoms with Crippen LogP contribution in [0.4, 0.5) is 0 Å². The van der Waals surface area contributed by atoms with Crippen LogP contribution in [0.25, 0.3) is 76.1 Å². The van der Waals surface area contributed by atoms with Gasteiger partial charge in [0.1, 0.15) is 11.4 Å². The number of benzene rings is 6. The zero-order valence-corrected chi connectivity index (χ0v) is 24.0. The Hall–Kier alpha value is -5.45. The highest BCUT2D eigenvalue weighted by atomic mass is 32.1. The standard InChI is InChI=1S/C39H25N3S/c1-3-14-26(15-4-1)36-38(27-16-5-2-6-17-27)40-42-41-39(36)32-21-10-9-20-30(32)28-18-7-8-19-29(28)31-23-13-25-35-37(31)33-22-11-12-24-34(33)43-35/h1-25H. The summed E-state index contributed by atoms with van der Waals surface area (Å²) < 4.78 is 2.59. The molecule has 0 aliphatic carbocycles. The number of thiophene rings is 1.